The van der Waals surface area contributed by atoms with Crippen LogP contribution in [0.25, 0.3) is 16.6 Å². The highest BCUT2D eigenvalue weighted by atomic mass is 35.5. The zero-order chi connectivity index (χ0) is 24.9. The molecule has 8 heteroatoms. The molecule has 0 spiro atoms. The third-order valence-corrected chi connectivity index (χ3v) is 6.77. The van der Waals surface area contributed by atoms with Crippen LogP contribution in [0.2, 0.25) is 5.02 Å². The molecule has 0 saturated heterocycles. The molecule has 0 unspecified atom stereocenters. The van der Waals surface area contributed by atoms with Crippen molar-refractivity contribution in [1.29, 1.82) is 0 Å². The number of carbonyl (C=O) groups is 1. The van der Waals surface area contributed by atoms with Crippen LogP contribution in [0.4, 0.5) is 0 Å². The Hall–Kier alpha value is -3.58. The minimum Gasteiger partial charge on any atom is -0.489 e. The fourth-order valence-corrected chi connectivity index (χ4v) is 5.10. The summed E-state index contributed by atoms with van der Waals surface area (Å²) in [5.74, 6) is 0.257. The predicted molar refractivity (Wildman–Crippen MR) is 136 cm³/mol. The molecule has 0 aliphatic carbocycles. The van der Waals surface area contributed by atoms with Crippen molar-refractivity contribution in [3.8, 4) is 16.9 Å². The van der Waals surface area contributed by atoms with Gasteiger partial charge in [-0.25, -0.2) is 4.52 Å². The van der Waals surface area contributed by atoms with Gasteiger partial charge in [-0.15, -0.1) is 0 Å². The van der Waals surface area contributed by atoms with Crippen molar-refractivity contribution in [3.05, 3.63) is 86.0 Å². The van der Waals surface area contributed by atoms with Crippen LogP contribution in [0.3, 0.4) is 0 Å². The second kappa shape index (κ2) is 8.89. The van der Waals surface area contributed by atoms with Gasteiger partial charge in [0.25, 0.3) is 11.5 Å². The maximum Gasteiger partial charge on any atom is 0.256 e. The number of hydrogen-bond acceptors (Lipinski definition) is 4. The molecule has 3 aromatic heterocycles. The van der Waals surface area contributed by atoms with E-state index >= 15 is 0 Å². The number of nitrogens with one attached hydrogen (secondary N) is 1. The summed E-state index contributed by atoms with van der Waals surface area (Å²) in [6.45, 7) is 8.28. The first kappa shape index (κ1) is 23.2. The van der Waals surface area contributed by atoms with Gasteiger partial charge in [0, 0.05) is 29.6 Å². The number of halogens is 1. The van der Waals surface area contributed by atoms with E-state index in [1.807, 2.05) is 74.9 Å². The second-order valence-electron chi connectivity index (χ2n) is 9.26. The highest BCUT2D eigenvalue weighted by molar-refractivity contribution is 6.36. The summed E-state index contributed by atoms with van der Waals surface area (Å²) < 4.78 is 7.84. The Kier molecular flexibility index (Phi) is 5.89. The van der Waals surface area contributed by atoms with Crippen LogP contribution in [0.1, 0.15) is 46.6 Å². The van der Waals surface area contributed by atoms with Crippen LogP contribution in [-0.4, -0.2) is 38.1 Å². The lowest BCUT2D eigenvalue weighted by Gasteiger charge is -2.31. The molecular formula is C27H27ClN4O3. The SMILES string of the molecule is Cc1cc(C)c(CN2CCc3c(-c4cnn5ccccc45)cc(OC(C)C)c(Cl)c3C2=O)c(=O)[nH]1. The molecule has 1 N–H and O–H groups in total. The summed E-state index contributed by atoms with van der Waals surface area (Å²) in [7, 11) is 0. The Morgan fingerprint density at radius 3 is 2.71 bits per heavy atom. The van der Waals surface area contributed by atoms with E-state index in [2.05, 4.69) is 10.1 Å². The molecule has 1 aromatic carbocycles. The molecule has 4 aromatic rings. The van der Waals surface area contributed by atoms with Gasteiger partial charge in [0.2, 0.25) is 0 Å². The summed E-state index contributed by atoms with van der Waals surface area (Å²) in [5, 5.41) is 4.79. The molecule has 1 aliphatic heterocycles. The second-order valence-corrected chi connectivity index (χ2v) is 9.64. The lowest BCUT2D eigenvalue weighted by molar-refractivity contribution is 0.0725. The molecular weight excluding hydrogens is 464 g/mol. The number of fused-ring (bicyclic) bond motifs is 2. The molecule has 35 heavy (non-hydrogen) atoms. The monoisotopic (exact) mass is 490 g/mol. The third kappa shape index (κ3) is 4.10. The van der Waals surface area contributed by atoms with Gasteiger partial charge in [-0.1, -0.05) is 17.7 Å². The van der Waals surface area contributed by atoms with Gasteiger partial charge in [-0.2, -0.15) is 5.10 Å². The first-order valence-corrected chi connectivity index (χ1v) is 12.1. The number of pyridine rings is 2. The van der Waals surface area contributed by atoms with E-state index < -0.39 is 0 Å². The normalized spacial score (nSPS) is 13.5. The molecule has 0 atom stereocenters. The van der Waals surface area contributed by atoms with E-state index in [4.69, 9.17) is 16.3 Å². The van der Waals surface area contributed by atoms with Gasteiger partial charge in [0.1, 0.15) is 5.75 Å². The fraction of sp³-hybridized carbons (Fsp3) is 0.296. The summed E-state index contributed by atoms with van der Waals surface area (Å²) in [6, 6.07) is 9.72. The largest absolute Gasteiger partial charge is 0.489 e. The first-order valence-electron chi connectivity index (χ1n) is 11.7. The van der Waals surface area contributed by atoms with Crippen molar-refractivity contribution in [2.24, 2.45) is 0 Å². The quantitative estimate of drug-likeness (QED) is 0.429. The maximum atomic E-state index is 13.8. The number of carbonyl (C=O) groups excluding carboxylic acids is 1. The number of hydrogen-bond donors (Lipinski definition) is 1. The molecule has 0 saturated carbocycles. The molecule has 180 valence electrons. The Morgan fingerprint density at radius 2 is 1.97 bits per heavy atom. The van der Waals surface area contributed by atoms with Gasteiger partial charge in [-0.05, 0) is 75.1 Å². The molecule has 1 aliphatic rings. The molecule has 4 heterocycles. The Labute approximate surface area is 208 Å². The zero-order valence-electron chi connectivity index (χ0n) is 20.2. The number of aryl methyl sites for hydroxylation is 2. The van der Waals surface area contributed by atoms with E-state index in [0.717, 1.165) is 33.5 Å². The van der Waals surface area contributed by atoms with E-state index in [1.54, 1.807) is 4.90 Å². The molecule has 0 bridgehead atoms. The van der Waals surface area contributed by atoms with Crippen molar-refractivity contribution in [2.45, 2.75) is 46.8 Å². The standard InChI is InChI=1S/C27H27ClN4O3/c1-15(2)35-23-12-19(20-13-29-32-9-6-5-7-22(20)32)18-8-10-31(27(34)24(18)25(23)28)14-21-16(3)11-17(4)30-26(21)33/h5-7,9,11-13,15H,8,10,14H2,1-4H3,(H,30,33). The summed E-state index contributed by atoms with van der Waals surface area (Å²) in [6.07, 6.45) is 4.18. The number of H-pyrrole nitrogens is 1. The van der Waals surface area contributed by atoms with Crippen molar-refractivity contribution < 1.29 is 9.53 Å². The molecule has 5 rings (SSSR count). The third-order valence-electron chi connectivity index (χ3n) is 6.39. The van der Waals surface area contributed by atoms with Crippen LogP contribution in [0, 0.1) is 13.8 Å². The first-order chi connectivity index (χ1) is 16.7. The summed E-state index contributed by atoms with van der Waals surface area (Å²) >= 11 is 6.81. The Balaban J connectivity index is 1.64. The number of ether oxygens (including phenoxy) is 1. The van der Waals surface area contributed by atoms with E-state index in [1.165, 1.54) is 0 Å². The van der Waals surface area contributed by atoms with Crippen molar-refractivity contribution in [2.75, 3.05) is 6.54 Å². The van der Waals surface area contributed by atoms with Gasteiger partial charge in [-0.3, -0.25) is 9.59 Å². The molecule has 7 nitrogen and oxygen atoms in total. The minimum atomic E-state index is -0.206. The fourth-order valence-electron chi connectivity index (χ4n) is 4.80. The Bertz CT molecular complexity index is 1520. The number of benzene rings is 1. The maximum absolute atomic E-state index is 13.8. The van der Waals surface area contributed by atoms with Crippen molar-refractivity contribution in [3.63, 3.8) is 0 Å². The van der Waals surface area contributed by atoms with E-state index in [0.29, 0.717) is 34.9 Å². The Morgan fingerprint density at radius 1 is 1.17 bits per heavy atom. The zero-order valence-corrected chi connectivity index (χ0v) is 20.9. The van der Waals surface area contributed by atoms with E-state index in [-0.39, 0.29) is 24.1 Å². The highest BCUT2D eigenvalue weighted by Crippen LogP contribution is 2.42. The number of amides is 1. The molecule has 1 amide bonds. The average Bonchev–Trinajstić information content (AvgIpc) is 3.23. The van der Waals surface area contributed by atoms with Crippen LogP contribution in [0.15, 0.2) is 47.5 Å². The smallest absolute Gasteiger partial charge is 0.256 e. The lowest BCUT2D eigenvalue weighted by Crippen LogP contribution is -2.39. The predicted octanol–water partition coefficient (Wildman–Crippen LogP) is 4.95. The number of rotatable bonds is 5. The average molecular weight is 491 g/mol. The van der Waals surface area contributed by atoms with Crippen molar-refractivity contribution >= 4 is 23.0 Å². The summed E-state index contributed by atoms with van der Waals surface area (Å²) in [5.41, 5.74) is 6.12. The highest BCUT2D eigenvalue weighted by Gasteiger charge is 2.32. The van der Waals surface area contributed by atoms with Gasteiger partial charge >= 0.3 is 0 Å². The van der Waals surface area contributed by atoms with Crippen LogP contribution in [0.5, 0.6) is 5.75 Å². The summed E-state index contributed by atoms with van der Waals surface area (Å²) in [4.78, 5) is 31.0. The van der Waals surface area contributed by atoms with Crippen molar-refractivity contribution in [1.82, 2.24) is 19.5 Å². The molecule has 0 radical (unpaired) electrons. The number of aromatic amines is 1. The number of nitrogens with zero attached hydrogens (tertiary/aromatic N) is 3. The van der Waals surface area contributed by atoms with Crippen LogP contribution >= 0.6 is 11.6 Å². The van der Waals surface area contributed by atoms with Crippen LogP contribution in [-0.2, 0) is 13.0 Å². The lowest BCUT2D eigenvalue weighted by atomic mass is 9.89. The van der Waals surface area contributed by atoms with Gasteiger partial charge < -0.3 is 14.6 Å². The van der Waals surface area contributed by atoms with Gasteiger partial charge in [0.15, 0.2) is 0 Å². The van der Waals surface area contributed by atoms with Gasteiger partial charge in [0.05, 0.1) is 34.9 Å². The van der Waals surface area contributed by atoms with E-state index in [9.17, 15) is 9.59 Å². The van der Waals surface area contributed by atoms with Crippen LogP contribution < -0.4 is 10.3 Å². The number of aromatic nitrogens is 3. The topological polar surface area (TPSA) is 79.7 Å². The minimum absolute atomic E-state index is 0.120. The molecule has 0 fully saturated rings.